The Morgan fingerprint density at radius 3 is 2.14 bits per heavy atom. The molecule has 0 atom stereocenters. The number of benzene rings is 3. The van der Waals surface area contributed by atoms with Gasteiger partial charge < -0.3 is 0 Å². The molecule has 5 heteroatoms. The van der Waals surface area contributed by atoms with Crippen molar-refractivity contribution >= 4 is 29.0 Å². The molecule has 29 heavy (non-hydrogen) atoms. The van der Waals surface area contributed by atoms with Crippen LogP contribution in [-0.4, -0.2) is 14.4 Å². The van der Waals surface area contributed by atoms with Crippen molar-refractivity contribution in [2.24, 2.45) is 0 Å². The van der Waals surface area contributed by atoms with Crippen LogP contribution in [0, 0.1) is 0 Å². The second-order valence-electron chi connectivity index (χ2n) is 6.64. The molecule has 2 heterocycles. The third-order valence-corrected chi connectivity index (χ3v) is 5.39. The molecule has 0 radical (unpaired) electrons. The first kappa shape index (κ1) is 17.9. The van der Waals surface area contributed by atoms with E-state index in [0.717, 1.165) is 33.8 Å². The fourth-order valence-electron chi connectivity index (χ4n) is 3.43. The summed E-state index contributed by atoms with van der Waals surface area (Å²) in [6, 6.07) is 27.5. The molecule has 140 valence electrons. The monoisotopic (exact) mass is 415 g/mol. The number of hydrogen-bond acceptors (Lipinski definition) is 2. The maximum Gasteiger partial charge on any atom is 0.235 e. The number of aromatic nitrogens is 3. The highest BCUT2D eigenvalue weighted by molar-refractivity contribution is 6.33. The lowest BCUT2D eigenvalue weighted by Crippen LogP contribution is -1.93. The molecule has 2 aromatic heterocycles. The molecule has 0 aliphatic heterocycles. The van der Waals surface area contributed by atoms with Crippen molar-refractivity contribution in [3.05, 3.63) is 101 Å². The van der Waals surface area contributed by atoms with Crippen LogP contribution in [0.2, 0.25) is 10.0 Å². The summed E-state index contributed by atoms with van der Waals surface area (Å²) in [4.78, 5) is 9.67. The van der Waals surface area contributed by atoms with Gasteiger partial charge in [-0.15, -0.1) is 0 Å². The van der Waals surface area contributed by atoms with Crippen LogP contribution in [0.1, 0.15) is 0 Å². The van der Waals surface area contributed by atoms with Gasteiger partial charge in [0.15, 0.2) is 0 Å². The number of nitrogens with zero attached hydrogens (tertiary/aromatic N) is 3. The summed E-state index contributed by atoms with van der Waals surface area (Å²) in [5.74, 6) is 0.617. The maximum atomic E-state index is 6.51. The summed E-state index contributed by atoms with van der Waals surface area (Å²) in [5, 5.41) is 1.33. The summed E-state index contributed by atoms with van der Waals surface area (Å²) < 4.78 is 1.99. The fourth-order valence-corrected chi connectivity index (χ4v) is 3.78. The highest BCUT2D eigenvalue weighted by atomic mass is 35.5. The molecule has 0 amide bonds. The molecule has 5 rings (SSSR count). The topological polar surface area (TPSA) is 30.2 Å². The molecule has 0 saturated carbocycles. The molecule has 5 aromatic rings. The highest BCUT2D eigenvalue weighted by Crippen LogP contribution is 2.36. The predicted molar refractivity (Wildman–Crippen MR) is 119 cm³/mol. The van der Waals surface area contributed by atoms with Crippen molar-refractivity contribution in [2.75, 3.05) is 0 Å². The lowest BCUT2D eigenvalue weighted by atomic mass is 10.0. The quantitative estimate of drug-likeness (QED) is 0.316. The smallest absolute Gasteiger partial charge is 0.235 e. The average molecular weight is 416 g/mol. The Morgan fingerprint density at radius 2 is 1.38 bits per heavy atom. The van der Waals surface area contributed by atoms with E-state index in [1.807, 2.05) is 95.5 Å². The first-order valence-corrected chi connectivity index (χ1v) is 9.92. The lowest BCUT2D eigenvalue weighted by molar-refractivity contribution is 1.12. The van der Waals surface area contributed by atoms with E-state index >= 15 is 0 Å². The van der Waals surface area contributed by atoms with Crippen molar-refractivity contribution in [3.63, 3.8) is 0 Å². The summed E-state index contributed by atoms with van der Waals surface area (Å²) in [6.45, 7) is 0. The minimum Gasteiger partial charge on any atom is -0.283 e. The Balaban J connectivity index is 1.78. The minimum absolute atomic E-state index is 0.617. The zero-order valence-electron chi connectivity index (χ0n) is 15.3. The van der Waals surface area contributed by atoms with Gasteiger partial charge in [0.2, 0.25) is 5.78 Å². The van der Waals surface area contributed by atoms with Gasteiger partial charge in [-0.3, -0.25) is 4.40 Å². The number of hydrogen-bond donors (Lipinski definition) is 0. The molecule has 3 nitrogen and oxygen atoms in total. The normalized spacial score (nSPS) is 11.1. The third kappa shape index (κ3) is 3.29. The van der Waals surface area contributed by atoms with E-state index in [-0.39, 0.29) is 0 Å². The molecule has 0 spiro atoms. The van der Waals surface area contributed by atoms with E-state index in [1.54, 1.807) is 0 Å². The first-order valence-electron chi connectivity index (χ1n) is 9.16. The Labute approximate surface area is 178 Å². The van der Waals surface area contributed by atoms with E-state index in [9.17, 15) is 0 Å². The zero-order valence-corrected chi connectivity index (χ0v) is 16.8. The second kappa shape index (κ2) is 7.36. The van der Waals surface area contributed by atoms with E-state index < -0.39 is 0 Å². The van der Waals surface area contributed by atoms with Crippen molar-refractivity contribution < 1.29 is 0 Å². The van der Waals surface area contributed by atoms with E-state index in [0.29, 0.717) is 15.8 Å². The van der Waals surface area contributed by atoms with Crippen LogP contribution in [0.15, 0.2) is 91.1 Å². The Kier molecular flexibility index (Phi) is 4.55. The van der Waals surface area contributed by atoms with Crippen LogP contribution < -0.4 is 0 Å². The largest absolute Gasteiger partial charge is 0.283 e. The molecular weight excluding hydrogens is 401 g/mol. The lowest BCUT2D eigenvalue weighted by Gasteiger charge is -2.07. The predicted octanol–water partition coefficient (Wildman–Crippen LogP) is 7.04. The molecule has 0 aliphatic carbocycles. The SMILES string of the molecule is Clc1ccc(-c2c(-c3ccccc3Cl)nc3nc(-c4ccccc4)ccn23)cc1. The van der Waals surface area contributed by atoms with Gasteiger partial charge in [0.25, 0.3) is 0 Å². The molecule has 0 aliphatic rings. The summed E-state index contributed by atoms with van der Waals surface area (Å²) >= 11 is 12.6. The molecular formula is C24H15Cl2N3. The van der Waals surface area contributed by atoms with Crippen molar-refractivity contribution in [1.29, 1.82) is 0 Å². The molecule has 0 N–H and O–H groups in total. The molecule has 0 saturated heterocycles. The highest BCUT2D eigenvalue weighted by Gasteiger charge is 2.19. The molecule has 0 bridgehead atoms. The van der Waals surface area contributed by atoms with Gasteiger partial charge in [-0.2, -0.15) is 0 Å². The average Bonchev–Trinajstić information content (AvgIpc) is 3.14. The van der Waals surface area contributed by atoms with Crippen LogP contribution in [0.5, 0.6) is 0 Å². The van der Waals surface area contributed by atoms with Gasteiger partial charge >= 0.3 is 0 Å². The number of rotatable bonds is 3. The minimum atomic E-state index is 0.617. The van der Waals surface area contributed by atoms with Crippen LogP contribution in [0.25, 0.3) is 39.5 Å². The van der Waals surface area contributed by atoms with Gasteiger partial charge in [0.05, 0.1) is 16.4 Å². The van der Waals surface area contributed by atoms with Crippen molar-refractivity contribution in [3.8, 4) is 33.8 Å². The maximum absolute atomic E-state index is 6.51. The van der Waals surface area contributed by atoms with Crippen molar-refractivity contribution in [2.45, 2.75) is 0 Å². The van der Waals surface area contributed by atoms with Gasteiger partial charge in [-0.05, 0) is 24.3 Å². The van der Waals surface area contributed by atoms with Crippen LogP contribution in [-0.2, 0) is 0 Å². The van der Waals surface area contributed by atoms with Gasteiger partial charge in [0.1, 0.15) is 5.69 Å². The molecule has 3 aromatic carbocycles. The summed E-state index contributed by atoms with van der Waals surface area (Å²) in [5.41, 5.74) is 5.49. The van der Waals surface area contributed by atoms with E-state index in [1.165, 1.54) is 0 Å². The third-order valence-electron chi connectivity index (χ3n) is 4.81. The standard InChI is InChI=1S/C24H15Cl2N3/c25-18-12-10-17(11-13-18)23-22(19-8-4-5-9-20(19)26)28-24-27-21(14-15-29(23)24)16-6-2-1-3-7-16/h1-15H. The van der Waals surface area contributed by atoms with Crippen LogP contribution in [0.3, 0.4) is 0 Å². The van der Waals surface area contributed by atoms with Gasteiger partial charge in [-0.1, -0.05) is 83.9 Å². The fraction of sp³-hybridized carbons (Fsp3) is 0. The van der Waals surface area contributed by atoms with Crippen molar-refractivity contribution in [1.82, 2.24) is 14.4 Å². The molecule has 0 unspecified atom stereocenters. The number of halogens is 2. The first-order chi connectivity index (χ1) is 14.2. The molecule has 0 fully saturated rings. The van der Waals surface area contributed by atoms with Gasteiger partial charge in [-0.25, -0.2) is 9.97 Å². The van der Waals surface area contributed by atoms with E-state index in [2.05, 4.69) is 0 Å². The Morgan fingerprint density at radius 1 is 0.655 bits per heavy atom. The number of imidazole rings is 1. The van der Waals surface area contributed by atoms with E-state index in [4.69, 9.17) is 33.2 Å². The van der Waals surface area contributed by atoms with Crippen LogP contribution >= 0.6 is 23.2 Å². The second-order valence-corrected chi connectivity index (χ2v) is 7.49. The zero-order chi connectivity index (χ0) is 19.8. The summed E-state index contributed by atoms with van der Waals surface area (Å²) in [6.07, 6.45) is 2.00. The number of fused-ring (bicyclic) bond motifs is 1. The Hall–Kier alpha value is -3.14. The van der Waals surface area contributed by atoms with Gasteiger partial charge in [0, 0.05) is 27.9 Å². The van der Waals surface area contributed by atoms with Crippen LogP contribution in [0.4, 0.5) is 0 Å². The Bertz CT molecular complexity index is 1310. The summed E-state index contributed by atoms with van der Waals surface area (Å²) in [7, 11) is 0.